The van der Waals surface area contributed by atoms with Crippen LogP contribution in [0.5, 0.6) is 0 Å². The summed E-state index contributed by atoms with van der Waals surface area (Å²) in [5.41, 5.74) is 0.839. The SMILES string of the molecule is CN(C1CCC(C)(C)CC1)S(=O)(=O)c1[nH]ncc1CCl. The van der Waals surface area contributed by atoms with Gasteiger partial charge in [0, 0.05) is 18.7 Å². The zero-order valence-corrected chi connectivity index (χ0v) is 13.8. The second kappa shape index (κ2) is 5.66. The molecule has 2 rings (SSSR count). The van der Waals surface area contributed by atoms with E-state index in [2.05, 4.69) is 24.0 Å². The van der Waals surface area contributed by atoms with E-state index in [9.17, 15) is 8.42 Å². The summed E-state index contributed by atoms with van der Waals surface area (Å²) in [6.07, 6.45) is 5.35. The molecule has 0 amide bonds. The van der Waals surface area contributed by atoms with Crippen molar-refractivity contribution in [3.8, 4) is 0 Å². The van der Waals surface area contributed by atoms with Gasteiger partial charge >= 0.3 is 0 Å². The van der Waals surface area contributed by atoms with E-state index in [-0.39, 0.29) is 16.9 Å². The quantitative estimate of drug-likeness (QED) is 0.868. The summed E-state index contributed by atoms with van der Waals surface area (Å²) in [6, 6.07) is 0.0551. The molecule has 1 aliphatic carbocycles. The van der Waals surface area contributed by atoms with Crippen molar-refractivity contribution in [1.29, 1.82) is 0 Å². The minimum absolute atomic E-state index is 0.0551. The average Bonchev–Trinajstić information content (AvgIpc) is 2.87. The molecule has 0 aliphatic heterocycles. The molecule has 0 aromatic carbocycles. The molecule has 0 saturated heterocycles. The molecule has 0 atom stereocenters. The van der Waals surface area contributed by atoms with E-state index in [0.717, 1.165) is 25.7 Å². The van der Waals surface area contributed by atoms with Crippen molar-refractivity contribution in [2.24, 2.45) is 5.41 Å². The van der Waals surface area contributed by atoms with Crippen LogP contribution in [-0.2, 0) is 15.9 Å². The van der Waals surface area contributed by atoms with Crippen LogP contribution in [-0.4, -0.2) is 36.0 Å². The molecule has 7 heteroatoms. The zero-order chi connectivity index (χ0) is 15.0. The van der Waals surface area contributed by atoms with Crippen molar-refractivity contribution in [2.45, 2.75) is 56.5 Å². The van der Waals surface area contributed by atoms with Crippen molar-refractivity contribution in [3.05, 3.63) is 11.8 Å². The van der Waals surface area contributed by atoms with Gasteiger partial charge in [-0.05, 0) is 31.1 Å². The molecule has 1 N–H and O–H groups in total. The van der Waals surface area contributed by atoms with E-state index in [1.807, 2.05) is 0 Å². The lowest BCUT2D eigenvalue weighted by Crippen LogP contribution is -2.41. The minimum atomic E-state index is -3.54. The summed E-state index contributed by atoms with van der Waals surface area (Å²) in [4.78, 5) is 0. The molecule has 0 spiro atoms. The predicted octanol–water partition coefficient (Wildman–Crippen LogP) is 2.74. The van der Waals surface area contributed by atoms with Gasteiger partial charge in [-0.3, -0.25) is 5.10 Å². The Morgan fingerprint density at radius 3 is 2.60 bits per heavy atom. The standard InChI is InChI=1S/C13H22ClN3O2S/c1-13(2)6-4-11(5-7-13)17(3)20(18,19)12-10(8-14)9-15-16-12/h9,11H,4-8H2,1-3H3,(H,15,16). The van der Waals surface area contributed by atoms with Gasteiger partial charge in [0.15, 0.2) is 5.03 Å². The highest BCUT2D eigenvalue weighted by atomic mass is 35.5. The summed E-state index contributed by atoms with van der Waals surface area (Å²) < 4.78 is 26.7. The summed E-state index contributed by atoms with van der Waals surface area (Å²) >= 11 is 5.76. The number of hydrogen-bond donors (Lipinski definition) is 1. The van der Waals surface area contributed by atoms with Crippen molar-refractivity contribution >= 4 is 21.6 Å². The van der Waals surface area contributed by atoms with Crippen LogP contribution in [0.15, 0.2) is 11.2 Å². The summed E-state index contributed by atoms with van der Waals surface area (Å²) in [6.45, 7) is 4.47. The molecule has 114 valence electrons. The zero-order valence-electron chi connectivity index (χ0n) is 12.2. The van der Waals surface area contributed by atoms with E-state index in [4.69, 9.17) is 11.6 Å². The van der Waals surface area contributed by atoms with Crippen LogP contribution in [0.3, 0.4) is 0 Å². The Morgan fingerprint density at radius 1 is 1.45 bits per heavy atom. The highest BCUT2D eigenvalue weighted by Crippen LogP contribution is 2.37. The van der Waals surface area contributed by atoms with E-state index in [1.165, 1.54) is 10.5 Å². The summed E-state index contributed by atoms with van der Waals surface area (Å²) in [5, 5.41) is 6.49. The van der Waals surface area contributed by atoms with Crippen molar-refractivity contribution in [3.63, 3.8) is 0 Å². The summed E-state index contributed by atoms with van der Waals surface area (Å²) in [5.74, 6) is 0.136. The average molecular weight is 320 g/mol. The molecule has 1 fully saturated rings. The fourth-order valence-corrected chi connectivity index (χ4v) is 4.50. The number of rotatable bonds is 4. The van der Waals surface area contributed by atoms with Crippen LogP contribution in [0.4, 0.5) is 0 Å². The molecule has 1 saturated carbocycles. The third-order valence-electron chi connectivity index (χ3n) is 4.28. The van der Waals surface area contributed by atoms with Gasteiger partial charge in [0.25, 0.3) is 10.0 Å². The lowest BCUT2D eigenvalue weighted by molar-refractivity contribution is 0.174. The maximum Gasteiger partial charge on any atom is 0.260 e. The molecule has 1 aliphatic rings. The molecule has 20 heavy (non-hydrogen) atoms. The minimum Gasteiger partial charge on any atom is -0.266 e. The maximum atomic E-state index is 12.6. The normalized spacial score (nSPS) is 20.4. The topological polar surface area (TPSA) is 66.1 Å². The maximum absolute atomic E-state index is 12.6. The van der Waals surface area contributed by atoms with Crippen LogP contribution >= 0.6 is 11.6 Å². The number of alkyl halides is 1. The van der Waals surface area contributed by atoms with Gasteiger partial charge in [-0.15, -0.1) is 11.6 Å². The number of hydrogen-bond acceptors (Lipinski definition) is 3. The monoisotopic (exact) mass is 319 g/mol. The molecular formula is C13H22ClN3O2S. The number of aromatic nitrogens is 2. The molecule has 1 aromatic heterocycles. The van der Waals surface area contributed by atoms with Crippen LogP contribution in [0.2, 0.25) is 0 Å². The largest absolute Gasteiger partial charge is 0.266 e. The number of halogens is 1. The second-order valence-electron chi connectivity index (χ2n) is 6.27. The highest BCUT2D eigenvalue weighted by molar-refractivity contribution is 7.89. The first-order valence-corrected chi connectivity index (χ1v) is 8.81. The smallest absolute Gasteiger partial charge is 0.260 e. The number of nitrogens with zero attached hydrogens (tertiary/aromatic N) is 2. The Balaban J connectivity index is 2.18. The lowest BCUT2D eigenvalue weighted by atomic mass is 9.76. The Hall–Kier alpha value is -0.590. The molecule has 1 heterocycles. The predicted molar refractivity (Wildman–Crippen MR) is 79.1 cm³/mol. The second-order valence-corrected chi connectivity index (χ2v) is 8.48. The fraction of sp³-hybridized carbons (Fsp3) is 0.769. The van der Waals surface area contributed by atoms with Crippen molar-refractivity contribution in [2.75, 3.05) is 7.05 Å². The lowest BCUT2D eigenvalue weighted by Gasteiger charge is -2.37. The first kappa shape index (κ1) is 15.8. The van der Waals surface area contributed by atoms with Gasteiger partial charge in [0.2, 0.25) is 0 Å². The molecular weight excluding hydrogens is 298 g/mol. The van der Waals surface area contributed by atoms with Gasteiger partial charge in [-0.2, -0.15) is 9.40 Å². The van der Waals surface area contributed by atoms with Gasteiger partial charge in [-0.1, -0.05) is 13.8 Å². The molecule has 5 nitrogen and oxygen atoms in total. The van der Waals surface area contributed by atoms with Gasteiger partial charge in [0.1, 0.15) is 0 Å². The number of nitrogens with one attached hydrogen (secondary N) is 1. The first-order valence-electron chi connectivity index (χ1n) is 6.84. The number of sulfonamides is 1. The van der Waals surface area contributed by atoms with Gasteiger partial charge in [0.05, 0.1) is 12.1 Å². The van der Waals surface area contributed by atoms with E-state index in [1.54, 1.807) is 7.05 Å². The third-order valence-corrected chi connectivity index (χ3v) is 6.50. The van der Waals surface area contributed by atoms with Gasteiger partial charge in [-0.25, -0.2) is 8.42 Å². The Kier molecular flexibility index (Phi) is 4.47. The fourth-order valence-electron chi connectivity index (χ4n) is 2.71. The number of aromatic amines is 1. The third kappa shape index (κ3) is 3.02. The van der Waals surface area contributed by atoms with E-state index >= 15 is 0 Å². The highest BCUT2D eigenvalue weighted by Gasteiger charge is 2.35. The summed E-state index contributed by atoms with van der Waals surface area (Å²) in [7, 11) is -1.89. The van der Waals surface area contributed by atoms with Crippen LogP contribution < -0.4 is 0 Å². The van der Waals surface area contributed by atoms with E-state index < -0.39 is 10.0 Å². The van der Waals surface area contributed by atoms with Gasteiger partial charge < -0.3 is 0 Å². The van der Waals surface area contributed by atoms with Crippen LogP contribution in [0, 0.1) is 5.41 Å². The number of H-pyrrole nitrogens is 1. The van der Waals surface area contributed by atoms with E-state index in [0.29, 0.717) is 11.0 Å². The van der Waals surface area contributed by atoms with Crippen LogP contribution in [0.1, 0.15) is 45.1 Å². The Labute approximate surface area is 125 Å². The Bertz CT molecular complexity index is 558. The van der Waals surface area contributed by atoms with Crippen molar-refractivity contribution in [1.82, 2.24) is 14.5 Å². The molecule has 0 unspecified atom stereocenters. The Morgan fingerprint density at radius 2 is 2.05 bits per heavy atom. The molecule has 0 bridgehead atoms. The first-order chi connectivity index (χ1) is 9.28. The van der Waals surface area contributed by atoms with Crippen molar-refractivity contribution < 1.29 is 8.42 Å². The molecule has 0 radical (unpaired) electrons. The molecule has 1 aromatic rings. The van der Waals surface area contributed by atoms with Crippen LogP contribution in [0.25, 0.3) is 0 Å².